The number of benzene rings is 1. The van der Waals surface area contributed by atoms with Crippen LogP contribution in [0, 0.1) is 5.82 Å². The van der Waals surface area contributed by atoms with Crippen molar-refractivity contribution in [3.63, 3.8) is 0 Å². The number of hydrogen-bond acceptors (Lipinski definition) is 3. The zero-order valence-electron chi connectivity index (χ0n) is 10.2. The second kappa shape index (κ2) is 6.63. The van der Waals surface area contributed by atoms with E-state index >= 15 is 0 Å². The quantitative estimate of drug-likeness (QED) is 0.888. The average molecular weight is 325 g/mol. The normalized spacial score (nSPS) is 12.2. The van der Waals surface area contributed by atoms with Gasteiger partial charge in [-0.05, 0) is 34.0 Å². The number of pyridine rings is 1. The summed E-state index contributed by atoms with van der Waals surface area (Å²) in [5.41, 5.74) is 1.08. The fraction of sp³-hybridized carbons (Fsp3) is 0.214. The van der Waals surface area contributed by atoms with Crippen LogP contribution in [-0.4, -0.2) is 22.7 Å². The largest absolute Gasteiger partial charge is 0.394 e. The molecule has 5 heteroatoms. The van der Waals surface area contributed by atoms with E-state index < -0.39 is 5.82 Å². The molecule has 1 unspecified atom stereocenters. The molecule has 19 heavy (non-hydrogen) atoms. The molecule has 3 nitrogen and oxygen atoms in total. The highest BCUT2D eigenvalue weighted by Crippen LogP contribution is 2.17. The maximum absolute atomic E-state index is 13.6. The number of halogens is 2. The van der Waals surface area contributed by atoms with Gasteiger partial charge >= 0.3 is 0 Å². The Labute approximate surface area is 119 Å². The molecule has 1 atom stereocenters. The number of nitrogens with one attached hydrogen (secondary N) is 1. The molecule has 2 aromatic rings. The first-order chi connectivity index (χ1) is 9.19. The summed E-state index contributed by atoms with van der Waals surface area (Å²) in [6, 6.07) is 10.8. The van der Waals surface area contributed by atoms with Crippen LogP contribution in [0.25, 0.3) is 0 Å². The Hall–Kier alpha value is -1.46. The number of aromatic nitrogens is 1. The van der Waals surface area contributed by atoms with Crippen LogP contribution in [0.3, 0.4) is 0 Å². The predicted octanol–water partition coefficient (Wildman–Crippen LogP) is 3.00. The fourth-order valence-electron chi connectivity index (χ4n) is 1.77. The maximum Gasteiger partial charge on any atom is 0.166 e. The van der Waals surface area contributed by atoms with Gasteiger partial charge < -0.3 is 10.4 Å². The highest BCUT2D eigenvalue weighted by atomic mass is 79.9. The van der Waals surface area contributed by atoms with Crippen molar-refractivity contribution < 1.29 is 9.50 Å². The Balaban J connectivity index is 2.06. The molecule has 0 bridgehead atoms. The Morgan fingerprint density at radius 1 is 1.32 bits per heavy atom. The van der Waals surface area contributed by atoms with Gasteiger partial charge in [0.15, 0.2) is 11.6 Å². The number of anilines is 1. The summed E-state index contributed by atoms with van der Waals surface area (Å²) in [6.45, 7) is -0.0912. The van der Waals surface area contributed by atoms with Crippen molar-refractivity contribution in [3.8, 4) is 0 Å². The van der Waals surface area contributed by atoms with Crippen molar-refractivity contribution in [2.75, 3.05) is 11.9 Å². The van der Waals surface area contributed by atoms with Crippen LogP contribution in [0.15, 0.2) is 47.1 Å². The van der Waals surface area contributed by atoms with Crippen LogP contribution in [-0.2, 0) is 6.42 Å². The summed E-state index contributed by atoms with van der Waals surface area (Å²) < 4.78 is 14.2. The lowest BCUT2D eigenvalue weighted by atomic mass is 10.1. The third-order valence-electron chi connectivity index (χ3n) is 2.69. The van der Waals surface area contributed by atoms with Gasteiger partial charge in [-0.25, -0.2) is 9.37 Å². The second-order valence-corrected chi connectivity index (χ2v) is 5.11. The van der Waals surface area contributed by atoms with Crippen LogP contribution in [0.1, 0.15) is 5.56 Å². The predicted molar refractivity (Wildman–Crippen MR) is 76.5 cm³/mol. The van der Waals surface area contributed by atoms with E-state index in [4.69, 9.17) is 0 Å². The molecule has 0 saturated carbocycles. The van der Waals surface area contributed by atoms with Gasteiger partial charge in [0, 0.05) is 10.7 Å². The monoisotopic (exact) mass is 324 g/mol. The number of aliphatic hydroxyl groups excluding tert-OH is 1. The van der Waals surface area contributed by atoms with Crippen molar-refractivity contribution in [1.82, 2.24) is 4.98 Å². The van der Waals surface area contributed by atoms with Crippen LogP contribution < -0.4 is 5.32 Å². The third kappa shape index (κ3) is 4.01. The van der Waals surface area contributed by atoms with Crippen molar-refractivity contribution in [1.29, 1.82) is 0 Å². The summed E-state index contributed by atoms with van der Waals surface area (Å²) in [5.74, 6) is -0.293. The lowest BCUT2D eigenvalue weighted by molar-refractivity contribution is 0.273. The van der Waals surface area contributed by atoms with Crippen LogP contribution in [0.5, 0.6) is 0 Å². The fourth-order valence-corrected chi connectivity index (χ4v) is 2.08. The SMILES string of the molecule is OCC(Cc1ccccc1)Nc1ncc(Br)cc1F. The molecule has 0 fully saturated rings. The first-order valence-corrected chi connectivity index (χ1v) is 6.70. The lowest BCUT2D eigenvalue weighted by Crippen LogP contribution is -2.27. The third-order valence-corrected chi connectivity index (χ3v) is 3.13. The highest BCUT2D eigenvalue weighted by molar-refractivity contribution is 9.10. The molecular formula is C14H14BrFN2O. The molecule has 2 rings (SSSR count). The number of aliphatic hydroxyl groups is 1. The molecule has 1 aromatic carbocycles. The van der Waals surface area contributed by atoms with Gasteiger partial charge in [0.1, 0.15) is 0 Å². The van der Waals surface area contributed by atoms with Crippen molar-refractivity contribution in [3.05, 3.63) is 58.4 Å². The van der Waals surface area contributed by atoms with E-state index in [1.807, 2.05) is 30.3 Å². The van der Waals surface area contributed by atoms with Gasteiger partial charge in [0.05, 0.1) is 12.6 Å². The smallest absolute Gasteiger partial charge is 0.166 e. The Morgan fingerprint density at radius 2 is 2.05 bits per heavy atom. The minimum atomic E-state index is -0.444. The summed E-state index contributed by atoms with van der Waals surface area (Å²) in [4.78, 5) is 3.96. The molecule has 2 N–H and O–H groups in total. The van der Waals surface area contributed by atoms with E-state index in [1.165, 1.54) is 12.3 Å². The van der Waals surface area contributed by atoms with Gasteiger partial charge in [-0.3, -0.25) is 0 Å². The highest BCUT2D eigenvalue weighted by Gasteiger charge is 2.12. The summed E-state index contributed by atoms with van der Waals surface area (Å²) >= 11 is 3.15. The van der Waals surface area contributed by atoms with E-state index in [9.17, 15) is 9.50 Å². The minimum Gasteiger partial charge on any atom is -0.394 e. The number of nitrogens with zero attached hydrogens (tertiary/aromatic N) is 1. The molecule has 0 saturated heterocycles. The zero-order valence-corrected chi connectivity index (χ0v) is 11.8. The first kappa shape index (κ1) is 14.0. The van der Waals surface area contributed by atoms with E-state index in [1.54, 1.807) is 0 Å². The van der Waals surface area contributed by atoms with Crippen LogP contribution in [0.4, 0.5) is 10.2 Å². The Kier molecular flexibility index (Phi) is 4.87. The van der Waals surface area contributed by atoms with E-state index in [2.05, 4.69) is 26.2 Å². The van der Waals surface area contributed by atoms with E-state index in [0.29, 0.717) is 10.9 Å². The molecule has 1 heterocycles. The summed E-state index contributed by atoms with van der Waals surface area (Å²) in [7, 11) is 0. The second-order valence-electron chi connectivity index (χ2n) is 4.20. The van der Waals surface area contributed by atoms with Gasteiger partial charge in [0.2, 0.25) is 0 Å². The average Bonchev–Trinajstić information content (AvgIpc) is 2.42. The standard InChI is InChI=1S/C14H14BrFN2O/c15-11-7-13(16)14(17-8-11)18-12(9-19)6-10-4-2-1-3-5-10/h1-5,7-8,12,19H,6,9H2,(H,17,18). The van der Waals surface area contributed by atoms with Gasteiger partial charge in [-0.15, -0.1) is 0 Å². The Morgan fingerprint density at radius 3 is 2.68 bits per heavy atom. The molecule has 0 aliphatic carbocycles. The van der Waals surface area contributed by atoms with E-state index in [-0.39, 0.29) is 18.5 Å². The molecule has 0 radical (unpaired) electrons. The van der Waals surface area contributed by atoms with Gasteiger partial charge in [-0.2, -0.15) is 0 Å². The molecule has 100 valence electrons. The summed E-state index contributed by atoms with van der Waals surface area (Å²) in [5, 5.41) is 12.3. The number of hydrogen-bond donors (Lipinski definition) is 2. The van der Waals surface area contributed by atoms with Crippen molar-refractivity contribution >= 4 is 21.7 Å². The summed E-state index contributed by atoms with van der Waals surface area (Å²) in [6.07, 6.45) is 2.12. The van der Waals surface area contributed by atoms with Gasteiger partial charge in [0.25, 0.3) is 0 Å². The number of rotatable bonds is 5. The molecule has 1 aromatic heterocycles. The van der Waals surface area contributed by atoms with Gasteiger partial charge in [-0.1, -0.05) is 30.3 Å². The van der Waals surface area contributed by atoms with Crippen molar-refractivity contribution in [2.24, 2.45) is 0 Å². The van der Waals surface area contributed by atoms with Crippen LogP contribution in [0.2, 0.25) is 0 Å². The lowest BCUT2D eigenvalue weighted by Gasteiger charge is -2.17. The topological polar surface area (TPSA) is 45.1 Å². The molecule has 0 aliphatic heterocycles. The zero-order chi connectivity index (χ0) is 13.7. The van der Waals surface area contributed by atoms with Crippen LogP contribution >= 0.6 is 15.9 Å². The van der Waals surface area contributed by atoms with Crippen molar-refractivity contribution in [2.45, 2.75) is 12.5 Å². The minimum absolute atomic E-state index is 0.0912. The molecule has 0 spiro atoms. The first-order valence-electron chi connectivity index (χ1n) is 5.91. The Bertz CT molecular complexity index is 536. The molecular weight excluding hydrogens is 311 g/mol. The molecule has 0 amide bonds. The maximum atomic E-state index is 13.6. The molecule has 0 aliphatic rings. The van der Waals surface area contributed by atoms with E-state index in [0.717, 1.165) is 5.56 Å².